The molecule has 2 heterocycles. The Morgan fingerprint density at radius 3 is 2.50 bits per heavy atom. The summed E-state index contributed by atoms with van der Waals surface area (Å²) in [5, 5.41) is 25.1. The number of fused-ring (bicyclic) bond motifs is 3. The summed E-state index contributed by atoms with van der Waals surface area (Å²) >= 11 is 0. The number of rotatable bonds is 7. The number of aromatic amines is 1. The first kappa shape index (κ1) is 22.8. The Kier molecular flexibility index (Phi) is 6.12. The summed E-state index contributed by atoms with van der Waals surface area (Å²) in [4.78, 5) is 30.1. The number of hydrogen-bond donors (Lipinski definition) is 4. The minimum atomic E-state index is -0.594. The van der Waals surface area contributed by atoms with Gasteiger partial charge in [0.15, 0.2) is 0 Å². The van der Waals surface area contributed by atoms with Gasteiger partial charge in [-0.3, -0.25) is 20.1 Å². The average Bonchev–Trinajstić information content (AvgIpc) is 3.29. The number of benzene rings is 3. The number of carbonyl (C=O) groups excluding carboxylic acids is 1. The summed E-state index contributed by atoms with van der Waals surface area (Å²) in [6, 6.07) is 24.0. The normalized spacial score (nSPS) is 11.2. The quantitative estimate of drug-likeness (QED) is 0.107. The minimum Gasteiger partial charge on any atom is -0.366 e. The molecule has 3 aromatic carbocycles. The molecule has 0 atom stereocenters. The van der Waals surface area contributed by atoms with Crippen molar-refractivity contribution in [1.82, 2.24) is 15.4 Å². The highest BCUT2D eigenvalue weighted by Gasteiger charge is 2.15. The number of nitrogens with one attached hydrogen (secondary N) is 3. The van der Waals surface area contributed by atoms with E-state index in [1.807, 2.05) is 54.6 Å². The molecule has 9 heteroatoms. The lowest BCUT2D eigenvalue weighted by molar-refractivity contribution is -0.384. The fraction of sp³-hybridized carbons (Fsp3) is 0.0370. The monoisotopic (exact) mass is 479 g/mol. The van der Waals surface area contributed by atoms with Gasteiger partial charge in [0.2, 0.25) is 0 Å². The summed E-state index contributed by atoms with van der Waals surface area (Å²) in [6.45, 7) is 0.516. The van der Waals surface area contributed by atoms with Gasteiger partial charge in [-0.25, -0.2) is 10.5 Å². The highest BCUT2D eigenvalue weighted by Crippen LogP contribution is 2.34. The molecule has 0 fully saturated rings. The van der Waals surface area contributed by atoms with Crippen LogP contribution in [0.3, 0.4) is 0 Å². The second-order valence-electron chi connectivity index (χ2n) is 8.16. The van der Waals surface area contributed by atoms with Gasteiger partial charge >= 0.3 is 0 Å². The van der Waals surface area contributed by atoms with Crippen LogP contribution in [-0.2, 0) is 11.3 Å². The minimum absolute atomic E-state index is 0.0243. The molecule has 178 valence electrons. The lowest BCUT2D eigenvalue weighted by Crippen LogP contribution is -2.14. The molecule has 0 saturated heterocycles. The number of carbonyl (C=O) groups is 1. The Labute approximate surface area is 205 Å². The number of H-pyrrole nitrogens is 1. The van der Waals surface area contributed by atoms with Crippen molar-refractivity contribution >= 4 is 45.3 Å². The molecule has 2 aromatic heterocycles. The van der Waals surface area contributed by atoms with Crippen LogP contribution < -0.4 is 10.8 Å². The number of pyridine rings is 1. The van der Waals surface area contributed by atoms with Gasteiger partial charge in [-0.2, -0.15) is 0 Å². The number of hydrogen-bond acceptors (Lipinski definition) is 6. The number of anilines is 1. The molecule has 0 aliphatic carbocycles. The summed E-state index contributed by atoms with van der Waals surface area (Å²) in [5.41, 5.74) is 6.72. The van der Waals surface area contributed by atoms with Gasteiger partial charge in [-0.1, -0.05) is 42.5 Å². The third-order valence-electron chi connectivity index (χ3n) is 5.84. The highest BCUT2D eigenvalue weighted by atomic mass is 16.6. The predicted octanol–water partition coefficient (Wildman–Crippen LogP) is 5.42. The van der Waals surface area contributed by atoms with Crippen LogP contribution in [0.4, 0.5) is 11.5 Å². The molecule has 0 bridgehead atoms. The molecule has 0 spiro atoms. The van der Waals surface area contributed by atoms with Crippen molar-refractivity contribution in [1.29, 1.82) is 0 Å². The second kappa shape index (κ2) is 9.69. The molecular formula is C27H21N5O4. The van der Waals surface area contributed by atoms with E-state index >= 15 is 0 Å². The van der Waals surface area contributed by atoms with Gasteiger partial charge in [-0.05, 0) is 41.5 Å². The van der Waals surface area contributed by atoms with Gasteiger partial charge in [0, 0.05) is 46.6 Å². The molecule has 1 amide bonds. The zero-order valence-electron chi connectivity index (χ0n) is 18.9. The molecule has 5 aromatic rings. The lowest BCUT2D eigenvalue weighted by atomic mass is 10.1. The predicted molar refractivity (Wildman–Crippen MR) is 138 cm³/mol. The lowest BCUT2D eigenvalue weighted by Gasteiger charge is -2.10. The van der Waals surface area contributed by atoms with Crippen molar-refractivity contribution < 1.29 is 14.9 Å². The third-order valence-corrected chi connectivity index (χ3v) is 5.84. The summed E-state index contributed by atoms with van der Waals surface area (Å²) in [6.07, 6.45) is 2.85. The van der Waals surface area contributed by atoms with Crippen molar-refractivity contribution in [2.24, 2.45) is 0 Å². The SMILES string of the molecule is O=C(/C=C/c1ccc(CNc2cc3c([nH]c4ccccc43)c(-c3ccc([N+](=O)[O-])cc3)n2)cc1)NO. The molecule has 0 aliphatic heterocycles. The Morgan fingerprint density at radius 2 is 1.78 bits per heavy atom. The third kappa shape index (κ3) is 4.63. The number of nitro groups is 1. The maximum Gasteiger partial charge on any atom is 0.269 e. The van der Waals surface area contributed by atoms with Crippen molar-refractivity contribution in [3.05, 3.63) is 106 Å². The second-order valence-corrected chi connectivity index (χ2v) is 8.16. The van der Waals surface area contributed by atoms with Gasteiger partial charge in [0.05, 0.1) is 16.1 Å². The van der Waals surface area contributed by atoms with Crippen LogP contribution >= 0.6 is 0 Å². The van der Waals surface area contributed by atoms with Crippen molar-refractivity contribution in [3.8, 4) is 11.3 Å². The zero-order chi connectivity index (χ0) is 25.1. The van der Waals surface area contributed by atoms with Crippen LogP contribution in [0, 0.1) is 10.1 Å². The number of hydroxylamine groups is 1. The zero-order valence-corrected chi connectivity index (χ0v) is 18.9. The van der Waals surface area contributed by atoms with Crippen LogP contribution in [0.1, 0.15) is 11.1 Å². The van der Waals surface area contributed by atoms with Crippen LogP contribution in [0.15, 0.2) is 84.9 Å². The molecule has 0 saturated carbocycles. The highest BCUT2D eigenvalue weighted by molar-refractivity contribution is 6.11. The topological polar surface area (TPSA) is 133 Å². The van der Waals surface area contributed by atoms with Crippen molar-refractivity contribution in [2.45, 2.75) is 6.54 Å². The maximum absolute atomic E-state index is 11.1. The molecule has 36 heavy (non-hydrogen) atoms. The van der Waals surface area contributed by atoms with E-state index in [9.17, 15) is 14.9 Å². The summed E-state index contributed by atoms with van der Waals surface area (Å²) in [5.74, 6) is 0.0764. The van der Waals surface area contributed by atoms with Gasteiger partial charge in [-0.15, -0.1) is 0 Å². The fourth-order valence-electron chi connectivity index (χ4n) is 4.03. The smallest absolute Gasteiger partial charge is 0.269 e. The Balaban J connectivity index is 1.47. The molecule has 0 aliphatic rings. The van der Waals surface area contributed by atoms with E-state index in [2.05, 4.69) is 10.3 Å². The standard InChI is InChI=1S/C27H21N5O4/c33-25(31-34)14-9-17-5-7-18(8-6-17)16-28-24-15-22-21-3-1-2-4-23(21)29-27(22)26(30-24)19-10-12-20(13-11-19)32(35)36/h1-15,29,34H,16H2,(H,28,30)(H,31,33)/b14-9+. The number of nitro benzene ring substituents is 1. The number of para-hydroxylation sites is 1. The van der Waals surface area contributed by atoms with E-state index < -0.39 is 10.8 Å². The average molecular weight is 479 g/mol. The Hall–Kier alpha value is -5.02. The number of amides is 1. The van der Waals surface area contributed by atoms with Crippen LogP contribution in [0.5, 0.6) is 0 Å². The Bertz CT molecular complexity index is 1610. The molecule has 0 radical (unpaired) electrons. The molecular weight excluding hydrogens is 458 g/mol. The first-order chi connectivity index (χ1) is 17.5. The maximum atomic E-state index is 11.1. The first-order valence-corrected chi connectivity index (χ1v) is 11.1. The molecule has 0 unspecified atom stereocenters. The molecule has 9 nitrogen and oxygen atoms in total. The largest absolute Gasteiger partial charge is 0.366 e. The number of aromatic nitrogens is 2. The van der Waals surface area contributed by atoms with Crippen LogP contribution in [0.25, 0.3) is 39.1 Å². The molecule has 5 rings (SSSR count). The van der Waals surface area contributed by atoms with Crippen LogP contribution in [0.2, 0.25) is 0 Å². The van der Waals surface area contributed by atoms with Gasteiger partial charge in [0.1, 0.15) is 5.82 Å². The van der Waals surface area contributed by atoms with E-state index in [-0.39, 0.29) is 5.69 Å². The van der Waals surface area contributed by atoms with E-state index in [1.54, 1.807) is 23.7 Å². The number of non-ortho nitro benzene ring substituents is 1. The van der Waals surface area contributed by atoms with E-state index in [0.717, 1.165) is 38.5 Å². The number of nitrogens with zero attached hydrogens (tertiary/aromatic N) is 2. The van der Waals surface area contributed by atoms with E-state index in [0.29, 0.717) is 18.1 Å². The van der Waals surface area contributed by atoms with Gasteiger partial charge < -0.3 is 10.3 Å². The first-order valence-electron chi connectivity index (χ1n) is 11.1. The van der Waals surface area contributed by atoms with Gasteiger partial charge in [0.25, 0.3) is 11.6 Å². The summed E-state index contributed by atoms with van der Waals surface area (Å²) < 4.78 is 0. The van der Waals surface area contributed by atoms with E-state index in [4.69, 9.17) is 10.2 Å². The molecule has 4 N–H and O–H groups in total. The Morgan fingerprint density at radius 1 is 1.03 bits per heavy atom. The van der Waals surface area contributed by atoms with Crippen molar-refractivity contribution in [2.75, 3.05) is 5.32 Å². The van der Waals surface area contributed by atoms with E-state index in [1.165, 1.54) is 18.2 Å². The van der Waals surface area contributed by atoms with Crippen LogP contribution in [-0.4, -0.2) is 26.0 Å². The summed E-state index contributed by atoms with van der Waals surface area (Å²) in [7, 11) is 0. The fourth-order valence-corrected chi connectivity index (χ4v) is 4.03. The van der Waals surface area contributed by atoms with Crippen molar-refractivity contribution in [3.63, 3.8) is 0 Å².